The van der Waals surface area contributed by atoms with Gasteiger partial charge in [-0.2, -0.15) is 5.10 Å². The van der Waals surface area contributed by atoms with Crippen LogP contribution in [0.1, 0.15) is 63.1 Å². The van der Waals surface area contributed by atoms with Crippen LogP contribution in [0.15, 0.2) is 16.7 Å². The third-order valence-corrected chi connectivity index (χ3v) is 4.46. The van der Waals surface area contributed by atoms with Crippen molar-refractivity contribution in [3.8, 4) is 0 Å². The molecule has 28 heavy (non-hydrogen) atoms. The molecule has 2 aromatic heterocycles. The van der Waals surface area contributed by atoms with Crippen molar-refractivity contribution in [2.24, 2.45) is 0 Å². The first kappa shape index (κ1) is 19.9. The number of H-pyrrole nitrogens is 1. The number of carbonyl (C=O) groups excluding carboxylic acids is 2. The van der Waals surface area contributed by atoms with Crippen LogP contribution in [-0.4, -0.2) is 39.0 Å². The van der Waals surface area contributed by atoms with E-state index in [1.807, 2.05) is 26.8 Å². The Morgan fingerprint density at radius 1 is 1.32 bits per heavy atom. The summed E-state index contributed by atoms with van der Waals surface area (Å²) >= 11 is 0. The fraction of sp³-hybridized carbons (Fsp3) is 0.579. The first-order chi connectivity index (χ1) is 13.2. The molecule has 0 unspecified atom stereocenters. The minimum atomic E-state index is -0.390. The number of rotatable bonds is 5. The number of alkyl carbamates (subject to hydrolysis) is 1. The highest BCUT2D eigenvalue weighted by Crippen LogP contribution is 2.35. The molecule has 0 spiro atoms. The molecule has 0 saturated heterocycles. The van der Waals surface area contributed by atoms with Crippen LogP contribution < -0.4 is 10.6 Å². The van der Waals surface area contributed by atoms with E-state index in [1.54, 1.807) is 13.0 Å². The van der Waals surface area contributed by atoms with Gasteiger partial charge in [0.1, 0.15) is 11.9 Å². The summed E-state index contributed by atoms with van der Waals surface area (Å²) in [6.45, 7) is 7.52. The van der Waals surface area contributed by atoms with Crippen LogP contribution in [0.4, 0.5) is 10.6 Å². The van der Waals surface area contributed by atoms with Crippen LogP contribution in [0, 0.1) is 6.92 Å². The van der Waals surface area contributed by atoms with E-state index in [9.17, 15) is 9.59 Å². The molecule has 0 aromatic carbocycles. The van der Waals surface area contributed by atoms with Crippen molar-refractivity contribution < 1.29 is 18.8 Å². The zero-order valence-electron chi connectivity index (χ0n) is 16.7. The lowest BCUT2D eigenvalue weighted by Crippen LogP contribution is -2.42. The number of hydrogen-bond acceptors (Lipinski definition) is 6. The Bertz CT molecular complexity index is 835. The molecule has 9 nitrogen and oxygen atoms in total. The third kappa shape index (κ3) is 5.58. The van der Waals surface area contributed by atoms with Gasteiger partial charge in [0.15, 0.2) is 5.82 Å². The van der Waals surface area contributed by atoms with E-state index in [-0.39, 0.29) is 36.0 Å². The van der Waals surface area contributed by atoms with Crippen molar-refractivity contribution in [3.05, 3.63) is 29.3 Å². The van der Waals surface area contributed by atoms with E-state index in [0.717, 1.165) is 25.0 Å². The smallest absolute Gasteiger partial charge is 0.407 e. The van der Waals surface area contributed by atoms with Crippen molar-refractivity contribution in [3.63, 3.8) is 0 Å². The highest BCUT2D eigenvalue weighted by Gasteiger charge is 2.30. The zero-order chi connectivity index (χ0) is 20.3. The maximum Gasteiger partial charge on any atom is 0.407 e. The molecule has 1 saturated carbocycles. The summed E-state index contributed by atoms with van der Waals surface area (Å²) < 4.78 is 10.5. The molecule has 0 radical (unpaired) electrons. The van der Waals surface area contributed by atoms with Gasteiger partial charge in [0.05, 0.1) is 12.1 Å². The molecule has 1 aliphatic rings. The normalized spacial score (nSPS) is 19.4. The quantitative estimate of drug-likeness (QED) is 0.722. The first-order valence-electron chi connectivity index (χ1n) is 9.44. The molecule has 3 rings (SSSR count). The molecule has 0 aliphatic heterocycles. The molecule has 3 N–H and O–H groups in total. The predicted octanol–water partition coefficient (Wildman–Crippen LogP) is 3.05. The molecule has 9 heteroatoms. The number of ether oxygens (including phenoxy) is 1. The molecule has 152 valence electrons. The van der Waals surface area contributed by atoms with Crippen molar-refractivity contribution >= 4 is 17.8 Å². The van der Waals surface area contributed by atoms with Gasteiger partial charge < -0.3 is 19.9 Å². The number of anilines is 1. The number of hydrogen-bond donors (Lipinski definition) is 3. The Balaban J connectivity index is 1.49. The van der Waals surface area contributed by atoms with Gasteiger partial charge in [0.2, 0.25) is 5.91 Å². The molecule has 2 aromatic rings. The van der Waals surface area contributed by atoms with E-state index in [0.29, 0.717) is 17.3 Å². The minimum Gasteiger partial charge on any atom is -0.446 e. The van der Waals surface area contributed by atoms with Crippen LogP contribution >= 0.6 is 0 Å². The molecular formula is C19H27N5O4. The summed E-state index contributed by atoms with van der Waals surface area (Å²) in [6.07, 6.45) is 2.03. The van der Waals surface area contributed by atoms with E-state index in [2.05, 4.69) is 26.0 Å². The second kappa shape index (κ2) is 8.04. The summed E-state index contributed by atoms with van der Waals surface area (Å²) in [7, 11) is 0. The van der Waals surface area contributed by atoms with Crippen LogP contribution in [0.2, 0.25) is 0 Å². The zero-order valence-corrected chi connectivity index (χ0v) is 16.7. The molecule has 2 atom stereocenters. The monoisotopic (exact) mass is 389 g/mol. The van der Waals surface area contributed by atoms with Crippen molar-refractivity contribution in [1.82, 2.24) is 20.7 Å². The van der Waals surface area contributed by atoms with Gasteiger partial charge in [-0.05, 0) is 47.0 Å². The van der Waals surface area contributed by atoms with E-state index < -0.39 is 0 Å². The second-order valence-corrected chi connectivity index (χ2v) is 8.27. The van der Waals surface area contributed by atoms with Crippen LogP contribution in [-0.2, 0) is 16.0 Å². The largest absolute Gasteiger partial charge is 0.446 e. The first-order valence-corrected chi connectivity index (χ1v) is 9.44. The number of aromatic amines is 1. The summed E-state index contributed by atoms with van der Waals surface area (Å²) in [5.41, 5.74) is 1.18. The Kier molecular flexibility index (Phi) is 5.71. The molecule has 0 bridgehead atoms. The van der Waals surface area contributed by atoms with E-state index in [1.165, 1.54) is 0 Å². The lowest BCUT2D eigenvalue weighted by Gasteiger charge is -2.22. The minimum absolute atomic E-state index is 0.121. The summed E-state index contributed by atoms with van der Waals surface area (Å²) in [5, 5.41) is 16.5. The highest BCUT2D eigenvalue weighted by atomic mass is 16.6. The number of aromatic nitrogens is 3. The highest BCUT2D eigenvalue weighted by molar-refractivity contribution is 5.91. The SMILES string of the molecule is Cc1cc(CC(=O)Nc2cc([C@H]3CC[C@@H](OC(=O)NC(C)(C)C)C3)[nH]n2)no1. The Morgan fingerprint density at radius 2 is 2.11 bits per heavy atom. The third-order valence-electron chi connectivity index (χ3n) is 4.46. The van der Waals surface area contributed by atoms with E-state index in [4.69, 9.17) is 9.26 Å². The van der Waals surface area contributed by atoms with Gasteiger partial charge in [-0.1, -0.05) is 5.16 Å². The lowest BCUT2D eigenvalue weighted by atomic mass is 10.0. The lowest BCUT2D eigenvalue weighted by molar-refractivity contribution is -0.115. The standard InChI is InChI=1S/C19H27N5O4/c1-11-7-13(24-28-11)9-17(25)20-16-10-15(22-23-16)12-5-6-14(8-12)27-18(26)21-19(2,3)4/h7,10,12,14H,5-6,8-9H2,1-4H3,(H,21,26)(H2,20,22,23,25)/t12-,14+/m0/s1. The fourth-order valence-corrected chi connectivity index (χ4v) is 3.28. The Labute approximate surface area is 163 Å². The van der Waals surface area contributed by atoms with Crippen molar-refractivity contribution in [2.75, 3.05) is 5.32 Å². The molecule has 2 heterocycles. The average Bonchev–Trinajstić information content (AvgIpc) is 3.27. The fourth-order valence-electron chi connectivity index (χ4n) is 3.28. The van der Waals surface area contributed by atoms with Crippen LogP contribution in [0.3, 0.4) is 0 Å². The van der Waals surface area contributed by atoms with Crippen LogP contribution in [0.25, 0.3) is 0 Å². The number of aryl methyl sites for hydroxylation is 1. The average molecular weight is 389 g/mol. The van der Waals surface area contributed by atoms with Gasteiger partial charge in [-0.25, -0.2) is 4.79 Å². The van der Waals surface area contributed by atoms with Gasteiger partial charge in [0, 0.05) is 29.3 Å². The number of nitrogens with zero attached hydrogens (tertiary/aromatic N) is 2. The molecule has 1 aliphatic carbocycles. The summed E-state index contributed by atoms with van der Waals surface area (Å²) in [6, 6.07) is 3.55. The van der Waals surface area contributed by atoms with Gasteiger partial charge >= 0.3 is 6.09 Å². The van der Waals surface area contributed by atoms with Gasteiger partial charge in [-0.15, -0.1) is 0 Å². The van der Waals surface area contributed by atoms with Crippen LogP contribution in [0.5, 0.6) is 0 Å². The maximum absolute atomic E-state index is 12.1. The number of amides is 2. The predicted molar refractivity (Wildman–Crippen MR) is 102 cm³/mol. The topological polar surface area (TPSA) is 122 Å². The molecule has 2 amide bonds. The van der Waals surface area contributed by atoms with Crippen molar-refractivity contribution in [1.29, 1.82) is 0 Å². The number of nitrogens with one attached hydrogen (secondary N) is 3. The van der Waals surface area contributed by atoms with E-state index >= 15 is 0 Å². The Morgan fingerprint density at radius 3 is 2.79 bits per heavy atom. The summed E-state index contributed by atoms with van der Waals surface area (Å²) in [5.74, 6) is 1.13. The maximum atomic E-state index is 12.1. The van der Waals surface area contributed by atoms with Gasteiger partial charge in [-0.3, -0.25) is 9.89 Å². The number of carbonyl (C=O) groups is 2. The molecular weight excluding hydrogens is 362 g/mol. The van der Waals surface area contributed by atoms with Crippen molar-refractivity contribution in [2.45, 2.75) is 70.9 Å². The molecule has 1 fully saturated rings. The van der Waals surface area contributed by atoms with Gasteiger partial charge in [0.25, 0.3) is 0 Å². The Hall–Kier alpha value is -2.84. The summed E-state index contributed by atoms with van der Waals surface area (Å²) in [4.78, 5) is 24.0. The second-order valence-electron chi connectivity index (χ2n) is 8.27.